The molecule has 0 heterocycles. The molecule has 1 nitrogen and oxygen atoms in total. The normalized spacial score (nSPS) is 13.9. The van der Waals surface area contributed by atoms with Crippen LogP contribution < -0.4 is 0 Å². The third-order valence-corrected chi connectivity index (χ3v) is 2.15. The highest BCUT2D eigenvalue weighted by molar-refractivity contribution is 5.25. The highest BCUT2D eigenvalue weighted by atomic mass is 19.4. The standard InChI is InChI=1S/C11H13F3O/c1-8(7-15)5-9-3-2-4-10(6-9)11(12,13)14/h2-4,6,8,15H,5,7H2,1H3. The summed E-state index contributed by atoms with van der Waals surface area (Å²) in [6.07, 6.45) is -3.83. The van der Waals surface area contributed by atoms with Gasteiger partial charge in [-0.3, -0.25) is 0 Å². The molecule has 0 spiro atoms. The second-order valence-corrected chi connectivity index (χ2v) is 3.69. The molecule has 1 atom stereocenters. The first-order chi connectivity index (χ1) is 6.93. The van der Waals surface area contributed by atoms with Crippen molar-refractivity contribution in [1.29, 1.82) is 0 Å². The fourth-order valence-corrected chi connectivity index (χ4v) is 1.34. The van der Waals surface area contributed by atoms with Gasteiger partial charge in [0.05, 0.1) is 5.56 Å². The quantitative estimate of drug-likeness (QED) is 0.827. The Kier molecular flexibility index (Phi) is 3.74. The van der Waals surface area contributed by atoms with Crippen LogP contribution in [-0.2, 0) is 12.6 Å². The summed E-state index contributed by atoms with van der Waals surface area (Å²) in [6, 6.07) is 5.21. The van der Waals surface area contributed by atoms with Crippen LogP contribution in [0.2, 0.25) is 0 Å². The lowest BCUT2D eigenvalue weighted by Crippen LogP contribution is -2.08. The van der Waals surface area contributed by atoms with Crippen molar-refractivity contribution in [1.82, 2.24) is 0 Å². The Morgan fingerprint density at radius 1 is 1.33 bits per heavy atom. The minimum atomic E-state index is -4.29. The molecule has 1 rings (SSSR count). The highest BCUT2D eigenvalue weighted by Crippen LogP contribution is 2.29. The molecule has 1 unspecified atom stereocenters. The fourth-order valence-electron chi connectivity index (χ4n) is 1.34. The van der Waals surface area contributed by atoms with E-state index < -0.39 is 11.7 Å². The zero-order valence-corrected chi connectivity index (χ0v) is 8.38. The summed E-state index contributed by atoms with van der Waals surface area (Å²) >= 11 is 0. The van der Waals surface area contributed by atoms with Crippen molar-refractivity contribution in [2.24, 2.45) is 5.92 Å². The third kappa shape index (κ3) is 3.55. The number of hydrogen-bond acceptors (Lipinski definition) is 1. The maximum Gasteiger partial charge on any atom is 0.416 e. The van der Waals surface area contributed by atoms with Gasteiger partial charge in [-0.1, -0.05) is 25.1 Å². The monoisotopic (exact) mass is 218 g/mol. The number of hydrogen-bond donors (Lipinski definition) is 1. The van der Waals surface area contributed by atoms with Crippen molar-refractivity contribution in [3.63, 3.8) is 0 Å². The average molecular weight is 218 g/mol. The summed E-state index contributed by atoms with van der Waals surface area (Å²) in [4.78, 5) is 0. The van der Waals surface area contributed by atoms with E-state index in [4.69, 9.17) is 5.11 Å². The summed E-state index contributed by atoms with van der Waals surface area (Å²) in [7, 11) is 0. The van der Waals surface area contributed by atoms with E-state index in [-0.39, 0.29) is 12.5 Å². The predicted octanol–water partition coefficient (Wildman–Crippen LogP) is 2.88. The Hall–Kier alpha value is -1.03. The maximum atomic E-state index is 12.3. The molecule has 0 aliphatic carbocycles. The van der Waals surface area contributed by atoms with Crippen LogP contribution in [0.4, 0.5) is 13.2 Å². The van der Waals surface area contributed by atoms with Gasteiger partial charge in [-0.25, -0.2) is 0 Å². The lowest BCUT2D eigenvalue weighted by atomic mass is 10.0. The first kappa shape index (κ1) is 12.0. The summed E-state index contributed by atoms with van der Waals surface area (Å²) in [6.45, 7) is 1.77. The van der Waals surface area contributed by atoms with Crippen LogP contribution in [0.5, 0.6) is 0 Å². The molecular formula is C11H13F3O. The van der Waals surface area contributed by atoms with Crippen LogP contribution >= 0.6 is 0 Å². The summed E-state index contributed by atoms with van der Waals surface area (Å²) < 4.78 is 37.0. The summed E-state index contributed by atoms with van der Waals surface area (Å²) in [5, 5.41) is 8.80. The fraction of sp³-hybridized carbons (Fsp3) is 0.455. The Morgan fingerprint density at radius 2 is 2.00 bits per heavy atom. The van der Waals surface area contributed by atoms with E-state index >= 15 is 0 Å². The molecule has 1 N–H and O–H groups in total. The molecule has 0 aliphatic rings. The largest absolute Gasteiger partial charge is 0.416 e. The van der Waals surface area contributed by atoms with Gasteiger partial charge >= 0.3 is 6.18 Å². The van der Waals surface area contributed by atoms with Crippen LogP contribution in [0, 0.1) is 5.92 Å². The molecule has 0 amide bonds. The molecule has 0 saturated carbocycles. The lowest BCUT2D eigenvalue weighted by molar-refractivity contribution is -0.137. The number of alkyl halides is 3. The van der Waals surface area contributed by atoms with Gasteiger partial charge in [-0.2, -0.15) is 13.2 Å². The first-order valence-electron chi connectivity index (χ1n) is 4.70. The van der Waals surface area contributed by atoms with E-state index in [2.05, 4.69) is 0 Å². The number of benzene rings is 1. The SMILES string of the molecule is CC(CO)Cc1cccc(C(F)(F)F)c1. The average Bonchev–Trinajstić information content (AvgIpc) is 2.17. The topological polar surface area (TPSA) is 20.2 Å². The van der Waals surface area contributed by atoms with Crippen molar-refractivity contribution >= 4 is 0 Å². The molecular weight excluding hydrogens is 205 g/mol. The van der Waals surface area contributed by atoms with Gasteiger partial charge in [0.1, 0.15) is 0 Å². The minimum Gasteiger partial charge on any atom is -0.396 e. The zero-order chi connectivity index (χ0) is 11.5. The number of rotatable bonds is 3. The molecule has 1 aromatic carbocycles. The minimum absolute atomic E-state index is 0.0176. The van der Waals surface area contributed by atoms with Crippen LogP contribution in [0.15, 0.2) is 24.3 Å². The van der Waals surface area contributed by atoms with Gasteiger partial charge in [0.2, 0.25) is 0 Å². The Balaban J connectivity index is 2.84. The van der Waals surface area contributed by atoms with E-state index in [0.717, 1.165) is 12.1 Å². The molecule has 84 valence electrons. The second kappa shape index (κ2) is 4.66. The van der Waals surface area contributed by atoms with Crippen molar-refractivity contribution in [3.05, 3.63) is 35.4 Å². The van der Waals surface area contributed by atoms with Crippen molar-refractivity contribution in [3.8, 4) is 0 Å². The third-order valence-electron chi connectivity index (χ3n) is 2.15. The van der Waals surface area contributed by atoms with Crippen LogP contribution in [0.25, 0.3) is 0 Å². The van der Waals surface area contributed by atoms with Gasteiger partial charge < -0.3 is 5.11 Å². The molecule has 0 aliphatic heterocycles. The van der Waals surface area contributed by atoms with Crippen LogP contribution in [0.3, 0.4) is 0 Å². The van der Waals surface area contributed by atoms with E-state index in [1.54, 1.807) is 13.0 Å². The van der Waals surface area contributed by atoms with Gasteiger partial charge in [-0.15, -0.1) is 0 Å². The highest BCUT2D eigenvalue weighted by Gasteiger charge is 2.30. The number of aliphatic hydroxyl groups excluding tert-OH is 1. The first-order valence-corrected chi connectivity index (χ1v) is 4.70. The zero-order valence-electron chi connectivity index (χ0n) is 8.38. The van der Waals surface area contributed by atoms with Crippen molar-refractivity contribution in [2.45, 2.75) is 19.5 Å². The van der Waals surface area contributed by atoms with Gasteiger partial charge in [0, 0.05) is 6.61 Å². The van der Waals surface area contributed by atoms with Crippen LogP contribution in [-0.4, -0.2) is 11.7 Å². The molecule has 0 saturated heterocycles. The molecule has 4 heteroatoms. The number of aliphatic hydroxyl groups is 1. The molecule has 15 heavy (non-hydrogen) atoms. The molecule has 1 aromatic rings. The van der Waals surface area contributed by atoms with Gasteiger partial charge in [-0.05, 0) is 24.0 Å². The van der Waals surface area contributed by atoms with E-state index in [9.17, 15) is 13.2 Å². The van der Waals surface area contributed by atoms with Crippen molar-refractivity contribution < 1.29 is 18.3 Å². The van der Waals surface area contributed by atoms with Crippen molar-refractivity contribution in [2.75, 3.05) is 6.61 Å². The molecule has 0 fully saturated rings. The number of halogens is 3. The predicted molar refractivity (Wildman–Crippen MR) is 51.4 cm³/mol. The summed E-state index contributed by atoms with van der Waals surface area (Å²) in [5.74, 6) is -0.0199. The van der Waals surface area contributed by atoms with Gasteiger partial charge in [0.15, 0.2) is 0 Å². The lowest BCUT2D eigenvalue weighted by Gasteiger charge is -2.11. The molecule has 0 radical (unpaired) electrons. The van der Waals surface area contributed by atoms with E-state index in [1.165, 1.54) is 6.07 Å². The Labute approximate surface area is 86.5 Å². The smallest absolute Gasteiger partial charge is 0.396 e. The second-order valence-electron chi connectivity index (χ2n) is 3.69. The summed E-state index contributed by atoms with van der Waals surface area (Å²) in [5.41, 5.74) is -0.0310. The maximum absolute atomic E-state index is 12.3. The van der Waals surface area contributed by atoms with Crippen LogP contribution in [0.1, 0.15) is 18.1 Å². The molecule has 0 bridgehead atoms. The Morgan fingerprint density at radius 3 is 2.53 bits per heavy atom. The van der Waals surface area contributed by atoms with E-state index in [1.807, 2.05) is 0 Å². The van der Waals surface area contributed by atoms with Gasteiger partial charge in [0.25, 0.3) is 0 Å². The van der Waals surface area contributed by atoms with E-state index in [0.29, 0.717) is 12.0 Å². The molecule has 0 aromatic heterocycles. The Bertz CT molecular complexity index is 320.